The van der Waals surface area contributed by atoms with E-state index >= 15 is 0 Å². The van der Waals surface area contributed by atoms with Crippen LogP contribution in [0.4, 0.5) is 11.4 Å². The molecule has 2 rings (SSSR count). The predicted octanol–water partition coefficient (Wildman–Crippen LogP) is 3.67. The van der Waals surface area contributed by atoms with Crippen LogP contribution in [-0.2, 0) is 12.0 Å². The van der Waals surface area contributed by atoms with Gasteiger partial charge in [0.2, 0.25) is 5.89 Å². The van der Waals surface area contributed by atoms with Gasteiger partial charge < -0.3 is 20.4 Å². The number of guanidine groups is 1. The number of non-ortho nitro benzene ring substituents is 1. The Balaban J connectivity index is 0.00000420. The molecule has 1 aromatic carbocycles. The summed E-state index contributed by atoms with van der Waals surface area (Å²) in [4.78, 5) is 19.0. The van der Waals surface area contributed by atoms with E-state index in [-0.39, 0.29) is 35.1 Å². The van der Waals surface area contributed by atoms with Gasteiger partial charge in [-0.3, -0.25) is 10.1 Å². The van der Waals surface area contributed by atoms with Gasteiger partial charge in [0.05, 0.1) is 11.1 Å². The number of aromatic nitrogens is 1. The summed E-state index contributed by atoms with van der Waals surface area (Å²) < 4.78 is 5.75. The van der Waals surface area contributed by atoms with Crippen LogP contribution in [0.25, 0.3) is 0 Å². The van der Waals surface area contributed by atoms with Gasteiger partial charge in [0, 0.05) is 42.9 Å². The lowest BCUT2D eigenvalue weighted by Crippen LogP contribution is -2.39. The smallest absolute Gasteiger partial charge is 0.269 e. The van der Waals surface area contributed by atoms with Crippen molar-refractivity contribution in [2.45, 2.75) is 39.7 Å². The second kappa shape index (κ2) is 11.6. The van der Waals surface area contributed by atoms with Crippen LogP contribution >= 0.6 is 24.0 Å². The molecule has 3 N–H and O–H groups in total. The minimum Gasteiger partial charge on any atom is -0.443 e. The molecule has 0 radical (unpaired) electrons. The molecule has 9 nitrogen and oxygen atoms in total. The molecule has 0 spiro atoms. The molecule has 10 heteroatoms. The van der Waals surface area contributed by atoms with E-state index in [1.54, 1.807) is 18.3 Å². The second-order valence-corrected chi connectivity index (χ2v) is 7.22. The topological polar surface area (TPSA) is 118 Å². The van der Waals surface area contributed by atoms with Crippen molar-refractivity contribution in [3.63, 3.8) is 0 Å². The Morgan fingerprint density at radius 2 is 1.90 bits per heavy atom. The van der Waals surface area contributed by atoms with Gasteiger partial charge in [-0.1, -0.05) is 20.8 Å². The fourth-order valence-corrected chi connectivity index (χ4v) is 2.31. The highest BCUT2D eigenvalue weighted by molar-refractivity contribution is 14.0. The number of hydrogen-bond donors (Lipinski definition) is 3. The minimum atomic E-state index is -0.414. The van der Waals surface area contributed by atoms with Crippen molar-refractivity contribution in [1.29, 1.82) is 0 Å². The molecule has 1 aromatic heterocycles. The highest BCUT2D eigenvalue weighted by Gasteiger charge is 2.19. The number of nitrogens with zero attached hydrogens (tertiary/aromatic N) is 3. The molecule has 0 aliphatic rings. The zero-order valence-electron chi connectivity index (χ0n) is 17.2. The number of rotatable bonds is 8. The fraction of sp³-hybridized carbons (Fsp3) is 0.474. The summed E-state index contributed by atoms with van der Waals surface area (Å²) in [5, 5.41) is 20.3. The summed E-state index contributed by atoms with van der Waals surface area (Å²) in [6, 6.07) is 6.33. The first-order chi connectivity index (χ1) is 13.3. The van der Waals surface area contributed by atoms with Crippen LogP contribution in [-0.4, -0.2) is 35.5 Å². The summed E-state index contributed by atoms with van der Waals surface area (Å²) in [7, 11) is 0. The van der Waals surface area contributed by atoms with E-state index in [1.165, 1.54) is 12.1 Å². The predicted molar refractivity (Wildman–Crippen MR) is 125 cm³/mol. The van der Waals surface area contributed by atoms with Crippen molar-refractivity contribution in [2.75, 3.05) is 25.0 Å². The molecule has 0 bridgehead atoms. The van der Waals surface area contributed by atoms with Crippen LogP contribution in [0, 0.1) is 10.1 Å². The van der Waals surface area contributed by atoms with Gasteiger partial charge in [-0.25, -0.2) is 9.98 Å². The van der Waals surface area contributed by atoms with E-state index in [9.17, 15) is 10.1 Å². The lowest BCUT2D eigenvalue weighted by atomic mass is 9.94. The van der Waals surface area contributed by atoms with Crippen LogP contribution in [0.5, 0.6) is 0 Å². The Morgan fingerprint density at radius 1 is 1.21 bits per heavy atom. The Bertz CT molecular complexity index is 799. The van der Waals surface area contributed by atoms with Crippen molar-refractivity contribution >= 4 is 41.3 Å². The van der Waals surface area contributed by atoms with E-state index in [1.807, 2.05) is 6.92 Å². The number of benzene rings is 1. The van der Waals surface area contributed by atoms with Crippen molar-refractivity contribution in [3.05, 3.63) is 52.2 Å². The van der Waals surface area contributed by atoms with E-state index in [2.05, 4.69) is 46.7 Å². The number of oxazole rings is 1. The maximum absolute atomic E-state index is 10.7. The molecule has 0 atom stereocenters. The average Bonchev–Trinajstić information content (AvgIpc) is 3.13. The van der Waals surface area contributed by atoms with Crippen molar-refractivity contribution < 1.29 is 9.34 Å². The van der Waals surface area contributed by atoms with Crippen molar-refractivity contribution in [1.82, 2.24) is 15.6 Å². The third kappa shape index (κ3) is 8.26. The minimum absolute atomic E-state index is 0. The summed E-state index contributed by atoms with van der Waals surface area (Å²) in [5.74, 6) is 2.08. The molecule has 0 unspecified atom stereocenters. The van der Waals surface area contributed by atoms with Gasteiger partial charge >= 0.3 is 0 Å². The zero-order chi connectivity index (χ0) is 20.6. The molecule has 0 saturated heterocycles. The number of nitro groups is 1. The van der Waals surface area contributed by atoms with Crippen molar-refractivity contribution in [2.24, 2.45) is 4.99 Å². The van der Waals surface area contributed by atoms with E-state index in [0.717, 1.165) is 18.0 Å². The SMILES string of the molecule is CCNC(=NCc1ncc(C(C)(C)C)o1)NCCNc1ccc([N+](=O)[O-])cc1.I. The number of halogens is 1. The quantitative estimate of drug-likeness (QED) is 0.122. The lowest BCUT2D eigenvalue weighted by Gasteiger charge is -2.13. The number of nitrogens with one attached hydrogen (secondary N) is 3. The second-order valence-electron chi connectivity index (χ2n) is 7.22. The van der Waals surface area contributed by atoms with Gasteiger partial charge in [0.25, 0.3) is 5.69 Å². The first-order valence-corrected chi connectivity index (χ1v) is 9.25. The zero-order valence-corrected chi connectivity index (χ0v) is 19.5. The third-order valence-electron chi connectivity index (χ3n) is 3.83. The standard InChI is InChI=1S/C19H28N6O3.HI/c1-5-20-18(24-13-17-23-12-16(28-17)19(2,3)4)22-11-10-21-14-6-8-15(9-7-14)25(26)27;/h6-9,12,21H,5,10-11,13H2,1-4H3,(H2,20,22,24);1H. The Kier molecular flexibility index (Phi) is 9.86. The van der Waals surface area contributed by atoms with Gasteiger partial charge in [-0.15, -0.1) is 24.0 Å². The lowest BCUT2D eigenvalue weighted by molar-refractivity contribution is -0.384. The molecular weight excluding hydrogens is 487 g/mol. The molecule has 0 aliphatic carbocycles. The highest BCUT2D eigenvalue weighted by Crippen LogP contribution is 2.22. The van der Waals surface area contributed by atoms with Gasteiger partial charge in [-0.05, 0) is 19.1 Å². The molecule has 160 valence electrons. The summed E-state index contributed by atoms with van der Waals surface area (Å²) in [5.41, 5.74) is 0.816. The number of aliphatic imine (C=N–C) groups is 1. The Labute approximate surface area is 187 Å². The summed E-state index contributed by atoms with van der Waals surface area (Å²) >= 11 is 0. The maximum atomic E-state index is 10.7. The number of anilines is 1. The van der Waals surface area contributed by atoms with Gasteiger partial charge in [0.15, 0.2) is 5.96 Å². The van der Waals surface area contributed by atoms with Crippen LogP contribution in [0.2, 0.25) is 0 Å². The van der Waals surface area contributed by atoms with E-state index in [4.69, 9.17) is 4.42 Å². The van der Waals surface area contributed by atoms with E-state index < -0.39 is 4.92 Å². The molecule has 0 amide bonds. The molecule has 29 heavy (non-hydrogen) atoms. The van der Waals surface area contributed by atoms with Crippen molar-refractivity contribution in [3.8, 4) is 0 Å². The molecule has 0 saturated carbocycles. The molecule has 0 fully saturated rings. The van der Waals surface area contributed by atoms with E-state index in [0.29, 0.717) is 31.5 Å². The molecular formula is C19H29IN6O3. The van der Waals surface area contributed by atoms with Crippen LogP contribution in [0.1, 0.15) is 39.3 Å². The summed E-state index contributed by atoms with van der Waals surface area (Å²) in [6.45, 7) is 10.6. The first kappa shape index (κ1) is 24.7. The maximum Gasteiger partial charge on any atom is 0.269 e. The highest BCUT2D eigenvalue weighted by atomic mass is 127. The first-order valence-electron chi connectivity index (χ1n) is 9.25. The molecule has 0 aliphatic heterocycles. The fourth-order valence-electron chi connectivity index (χ4n) is 2.31. The van der Waals surface area contributed by atoms with Crippen LogP contribution < -0.4 is 16.0 Å². The monoisotopic (exact) mass is 516 g/mol. The number of hydrogen-bond acceptors (Lipinski definition) is 6. The normalized spacial score (nSPS) is 11.5. The Morgan fingerprint density at radius 3 is 2.45 bits per heavy atom. The van der Waals surface area contributed by atoms with Crippen LogP contribution in [0.3, 0.4) is 0 Å². The third-order valence-corrected chi connectivity index (χ3v) is 3.83. The van der Waals surface area contributed by atoms with Gasteiger partial charge in [0.1, 0.15) is 12.3 Å². The molecule has 1 heterocycles. The largest absolute Gasteiger partial charge is 0.443 e. The van der Waals surface area contributed by atoms with Gasteiger partial charge in [-0.2, -0.15) is 0 Å². The summed E-state index contributed by atoms with van der Waals surface area (Å²) in [6.07, 6.45) is 1.75. The van der Waals surface area contributed by atoms with Crippen LogP contribution in [0.15, 0.2) is 39.9 Å². The number of nitro benzene ring substituents is 1. The average molecular weight is 516 g/mol. The molecule has 2 aromatic rings. The Hall–Kier alpha value is -2.37.